The third-order valence-electron chi connectivity index (χ3n) is 4.89. The van der Waals surface area contributed by atoms with Crippen LogP contribution in [0.3, 0.4) is 0 Å². The Labute approximate surface area is 167 Å². The SMILES string of the molecule is CNCCC(=O)N1CC=C(c2cnc(N)c(-c3nc4ccccc4[nH]3)n2)CC1.[HH].[HH].[HH]. The van der Waals surface area contributed by atoms with Crippen LogP contribution in [0.2, 0.25) is 0 Å². The van der Waals surface area contributed by atoms with Crippen LogP contribution < -0.4 is 11.1 Å². The molecule has 8 nitrogen and oxygen atoms in total. The number of hydrogen-bond donors (Lipinski definition) is 3. The Morgan fingerprint density at radius 3 is 2.96 bits per heavy atom. The number of carbonyl (C=O) groups excluding carboxylic acids is 1. The maximum atomic E-state index is 12.2. The predicted molar refractivity (Wildman–Crippen MR) is 116 cm³/mol. The van der Waals surface area contributed by atoms with Crippen LogP contribution in [0.25, 0.3) is 28.1 Å². The molecular weight excluding hydrogens is 354 g/mol. The summed E-state index contributed by atoms with van der Waals surface area (Å²) >= 11 is 0. The van der Waals surface area contributed by atoms with Crippen molar-refractivity contribution < 1.29 is 9.07 Å². The second-order valence-electron chi connectivity index (χ2n) is 6.76. The molecule has 8 heteroatoms. The van der Waals surface area contributed by atoms with Crippen LogP contribution in [0.1, 0.15) is 22.8 Å². The fourth-order valence-electron chi connectivity index (χ4n) is 3.31. The molecule has 0 bridgehead atoms. The number of nitrogen functional groups attached to an aromatic ring is 1. The third kappa shape index (κ3) is 3.59. The molecule has 4 rings (SSSR count). The van der Waals surface area contributed by atoms with Crippen LogP contribution in [0.4, 0.5) is 5.82 Å². The maximum Gasteiger partial charge on any atom is 0.224 e. The zero-order valence-corrected chi connectivity index (χ0v) is 15.8. The first-order valence-corrected chi connectivity index (χ1v) is 9.35. The van der Waals surface area contributed by atoms with E-state index in [0.29, 0.717) is 43.4 Å². The van der Waals surface area contributed by atoms with E-state index in [9.17, 15) is 4.79 Å². The summed E-state index contributed by atoms with van der Waals surface area (Å²) in [5.74, 6) is 1.10. The van der Waals surface area contributed by atoms with E-state index in [1.54, 1.807) is 6.20 Å². The molecule has 3 aromatic rings. The molecule has 2 aromatic heterocycles. The van der Waals surface area contributed by atoms with Gasteiger partial charge >= 0.3 is 0 Å². The van der Waals surface area contributed by atoms with Gasteiger partial charge in [0.25, 0.3) is 0 Å². The number of aromatic nitrogens is 4. The van der Waals surface area contributed by atoms with Gasteiger partial charge in [-0.3, -0.25) is 4.79 Å². The quantitative estimate of drug-likeness (QED) is 0.624. The van der Waals surface area contributed by atoms with E-state index in [-0.39, 0.29) is 10.2 Å². The number of imidazole rings is 1. The number of rotatable bonds is 5. The van der Waals surface area contributed by atoms with E-state index in [1.165, 1.54) is 0 Å². The highest BCUT2D eigenvalue weighted by atomic mass is 16.2. The topological polar surface area (TPSA) is 113 Å². The molecule has 1 aliphatic heterocycles. The monoisotopic (exact) mass is 383 g/mol. The molecular formula is C20H29N7O. The first kappa shape index (κ1) is 18.1. The van der Waals surface area contributed by atoms with Crippen molar-refractivity contribution in [1.82, 2.24) is 30.2 Å². The number of benzene rings is 1. The number of hydrogen-bond acceptors (Lipinski definition) is 6. The number of amides is 1. The van der Waals surface area contributed by atoms with Crippen molar-refractivity contribution in [3.8, 4) is 11.5 Å². The van der Waals surface area contributed by atoms with Crippen molar-refractivity contribution in [2.24, 2.45) is 0 Å². The van der Waals surface area contributed by atoms with Crippen molar-refractivity contribution in [1.29, 1.82) is 0 Å². The molecule has 0 atom stereocenters. The number of H-pyrrole nitrogens is 1. The lowest BCUT2D eigenvalue weighted by atomic mass is 10.0. The van der Waals surface area contributed by atoms with Gasteiger partial charge in [0.2, 0.25) is 5.91 Å². The Bertz CT molecular complexity index is 1020. The summed E-state index contributed by atoms with van der Waals surface area (Å²) in [5, 5.41) is 3.01. The molecule has 3 heterocycles. The van der Waals surface area contributed by atoms with Gasteiger partial charge in [0.05, 0.1) is 22.9 Å². The summed E-state index contributed by atoms with van der Waals surface area (Å²) < 4.78 is 0. The molecule has 4 N–H and O–H groups in total. The molecule has 0 radical (unpaired) electrons. The minimum atomic E-state index is 0. The smallest absolute Gasteiger partial charge is 0.224 e. The lowest BCUT2D eigenvalue weighted by molar-refractivity contribution is -0.130. The summed E-state index contributed by atoms with van der Waals surface area (Å²) in [5.41, 5.74) is 10.2. The molecule has 0 aliphatic carbocycles. The molecule has 0 spiro atoms. The summed E-state index contributed by atoms with van der Waals surface area (Å²) in [7, 11) is 1.85. The molecule has 0 fully saturated rings. The second-order valence-corrected chi connectivity index (χ2v) is 6.76. The van der Waals surface area contributed by atoms with Crippen molar-refractivity contribution in [3.05, 3.63) is 42.2 Å². The maximum absolute atomic E-state index is 12.2. The predicted octanol–water partition coefficient (Wildman–Crippen LogP) is 2.57. The highest BCUT2D eigenvalue weighted by Gasteiger charge is 2.20. The van der Waals surface area contributed by atoms with Gasteiger partial charge in [0, 0.05) is 30.3 Å². The highest BCUT2D eigenvalue weighted by Crippen LogP contribution is 2.26. The largest absolute Gasteiger partial charge is 0.382 e. The number of anilines is 1. The Kier molecular flexibility index (Phi) is 5.03. The van der Waals surface area contributed by atoms with Gasteiger partial charge in [-0.05, 0) is 31.2 Å². The zero-order chi connectivity index (χ0) is 19.5. The Morgan fingerprint density at radius 2 is 2.21 bits per heavy atom. The lowest BCUT2D eigenvalue weighted by Crippen LogP contribution is -2.36. The van der Waals surface area contributed by atoms with Crippen molar-refractivity contribution >= 4 is 28.3 Å². The number of nitrogens with two attached hydrogens (primary N) is 1. The summed E-state index contributed by atoms with van der Waals surface area (Å²) in [6, 6.07) is 7.79. The van der Waals surface area contributed by atoms with Crippen LogP contribution in [0.15, 0.2) is 36.5 Å². The van der Waals surface area contributed by atoms with E-state index in [2.05, 4.69) is 20.3 Å². The fourth-order valence-corrected chi connectivity index (χ4v) is 3.31. The van der Waals surface area contributed by atoms with Crippen LogP contribution in [-0.2, 0) is 4.79 Å². The average Bonchev–Trinajstić information content (AvgIpc) is 3.16. The van der Waals surface area contributed by atoms with Gasteiger partial charge in [0.1, 0.15) is 5.69 Å². The van der Waals surface area contributed by atoms with Crippen LogP contribution in [-0.4, -0.2) is 57.4 Å². The van der Waals surface area contributed by atoms with Gasteiger partial charge < -0.3 is 20.9 Å². The van der Waals surface area contributed by atoms with E-state index in [0.717, 1.165) is 28.7 Å². The normalized spacial score (nSPS) is 14.3. The van der Waals surface area contributed by atoms with Crippen molar-refractivity contribution in [2.75, 3.05) is 32.4 Å². The second kappa shape index (κ2) is 7.77. The molecule has 0 saturated carbocycles. The number of nitrogens with one attached hydrogen (secondary N) is 2. The molecule has 0 unspecified atom stereocenters. The standard InChI is InChI=1S/C20H23N7O.3H2/c1-22-9-6-17(28)27-10-7-13(8-11-27)16-12-23-19(21)18(24-16)20-25-14-4-2-3-5-15(14)26-20;;;/h2-5,7,12,22H,6,8-11H2,1H3,(H2,21,23)(H,25,26);3*1H. The van der Waals surface area contributed by atoms with Crippen molar-refractivity contribution in [2.45, 2.75) is 12.8 Å². The Balaban J connectivity index is 0.00000160. The summed E-state index contributed by atoms with van der Waals surface area (Å²) in [4.78, 5) is 30.9. The zero-order valence-electron chi connectivity index (χ0n) is 15.8. The van der Waals surface area contributed by atoms with Gasteiger partial charge in [-0.25, -0.2) is 15.0 Å². The number of nitrogens with zero attached hydrogens (tertiary/aromatic N) is 4. The van der Waals surface area contributed by atoms with Gasteiger partial charge in [-0.1, -0.05) is 18.2 Å². The lowest BCUT2D eigenvalue weighted by Gasteiger charge is -2.26. The molecule has 1 amide bonds. The van der Waals surface area contributed by atoms with E-state index < -0.39 is 0 Å². The third-order valence-corrected chi connectivity index (χ3v) is 4.89. The van der Waals surface area contributed by atoms with Crippen LogP contribution in [0.5, 0.6) is 0 Å². The van der Waals surface area contributed by atoms with Crippen LogP contribution >= 0.6 is 0 Å². The molecule has 1 aromatic carbocycles. The molecule has 28 heavy (non-hydrogen) atoms. The van der Waals surface area contributed by atoms with Gasteiger partial charge in [-0.15, -0.1) is 0 Å². The minimum absolute atomic E-state index is 0. The molecule has 0 saturated heterocycles. The first-order chi connectivity index (χ1) is 13.7. The minimum Gasteiger partial charge on any atom is -0.382 e. The van der Waals surface area contributed by atoms with E-state index in [1.807, 2.05) is 42.3 Å². The highest BCUT2D eigenvalue weighted by molar-refractivity contribution is 5.81. The summed E-state index contributed by atoms with van der Waals surface area (Å²) in [6.07, 6.45) is 4.98. The number of para-hydroxylation sites is 2. The Morgan fingerprint density at radius 1 is 1.36 bits per heavy atom. The fraction of sp³-hybridized carbons (Fsp3) is 0.300. The van der Waals surface area contributed by atoms with E-state index >= 15 is 0 Å². The molecule has 150 valence electrons. The first-order valence-electron chi connectivity index (χ1n) is 9.35. The van der Waals surface area contributed by atoms with Gasteiger partial charge in [0.15, 0.2) is 11.6 Å². The van der Waals surface area contributed by atoms with Crippen molar-refractivity contribution in [3.63, 3.8) is 0 Å². The van der Waals surface area contributed by atoms with Crippen LogP contribution in [0, 0.1) is 0 Å². The molecule has 1 aliphatic rings. The number of carbonyl (C=O) groups is 1. The average molecular weight is 384 g/mol. The Hall–Kier alpha value is -3.26. The number of fused-ring (bicyclic) bond motifs is 1. The van der Waals surface area contributed by atoms with E-state index in [4.69, 9.17) is 10.7 Å². The summed E-state index contributed by atoms with van der Waals surface area (Å²) in [6.45, 7) is 1.96. The number of aromatic amines is 1. The van der Waals surface area contributed by atoms with Gasteiger partial charge in [-0.2, -0.15) is 0 Å².